The van der Waals surface area contributed by atoms with Crippen LogP contribution in [0.25, 0.3) is 0 Å². The zero-order valence-electron chi connectivity index (χ0n) is 10.3. The summed E-state index contributed by atoms with van der Waals surface area (Å²) >= 11 is 0. The average molecular weight is 251 g/mol. The number of carboxylic acids is 1. The molecule has 0 amide bonds. The SMILES string of the molecule is CCCC(CC)S(=O)(=O)N(C)C(C)C(=O)O. The third-order valence-electron chi connectivity index (χ3n) is 2.79. The summed E-state index contributed by atoms with van der Waals surface area (Å²) in [6.45, 7) is 5.09. The van der Waals surface area contributed by atoms with E-state index in [1.165, 1.54) is 14.0 Å². The Morgan fingerprint density at radius 1 is 1.38 bits per heavy atom. The van der Waals surface area contributed by atoms with E-state index in [-0.39, 0.29) is 0 Å². The molecule has 0 aromatic heterocycles. The number of carbonyl (C=O) groups is 1. The fourth-order valence-electron chi connectivity index (χ4n) is 1.50. The quantitative estimate of drug-likeness (QED) is 0.740. The normalized spacial score (nSPS) is 16.1. The van der Waals surface area contributed by atoms with Gasteiger partial charge in [-0.15, -0.1) is 0 Å². The van der Waals surface area contributed by atoms with E-state index < -0.39 is 27.3 Å². The summed E-state index contributed by atoms with van der Waals surface area (Å²) in [5.74, 6) is -1.13. The van der Waals surface area contributed by atoms with Gasteiger partial charge < -0.3 is 5.11 Å². The molecule has 0 aliphatic heterocycles. The summed E-state index contributed by atoms with van der Waals surface area (Å²) in [6, 6.07) is -1.02. The second-order valence-electron chi connectivity index (χ2n) is 3.89. The maximum Gasteiger partial charge on any atom is 0.321 e. The molecule has 0 aliphatic rings. The molecule has 2 atom stereocenters. The minimum Gasteiger partial charge on any atom is -0.480 e. The van der Waals surface area contributed by atoms with Crippen LogP contribution in [0.4, 0.5) is 0 Å². The van der Waals surface area contributed by atoms with Gasteiger partial charge in [0.05, 0.1) is 5.25 Å². The number of sulfonamides is 1. The van der Waals surface area contributed by atoms with Crippen molar-refractivity contribution < 1.29 is 18.3 Å². The molecule has 96 valence electrons. The van der Waals surface area contributed by atoms with Gasteiger partial charge in [-0.2, -0.15) is 4.31 Å². The van der Waals surface area contributed by atoms with Crippen molar-refractivity contribution in [3.63, 3.8) is 0 Å². The average Bonchev–Trinajstić information content (AvgIpc) is 2.23. The Hall–Kier alpha value is -0.620. The Bertz CT molecular complexity index is 326. The Balaban J connectivity index is 4.95. The monoisotopic (exact) mass is 251 g/mol. The number of hydrogen-bond donors (Lipinski definition) is 1. The highest BCUT2D eigenvalue weighted by Gasteiger charge is 2.33. The van der Waals surface area contributed by atoms with Crippen LogP contribution in [0, 0.1) is 0 Å². The highest BCUT2D eigenvalue weighted by molar-refractivity contribution is 7.89. The van der Waals surface area contributed by atoms with Gasteiger partial charge in [-0.3, -0.25) is 4.79 Å². The van der Waals surface area contributed by atoms with Gasteiger partial charge >= 0.3 is 5.97 Å². The van der Waals surface area contributed by atoms with Gasteiger partial charge in [0.15, 0.2) is 0 Å². The van der Waals surface area contributed by atoms with Crippen LogP contribution in [-0.2, 0) is 14.8 Å². The lowest BCUT2D eigenvalue weighted by Gasteiger charge is -2.26. The van der Waals surface area contributed by atoms with Gasteiger partial charge in [0.2, 0.25) is 10.0 Å². The minimum atomic E-state index is -3.51. The van der Waals surface area contributed by atoms with E-state index in [1.807, 2.05) is 6.92 Å². The molecule has 5 nitrogen and oxygen atoms in total. The van der Waals surface area contributed by atoms with Gasteiger partial charge in [-0.05, 0) is 19.8 Å². The Kier molecular flexibility index (Phi) is 5.96. The molecule has 6 heteroatoms. The molecule has 0 aliphatic carbocycles. The molecule has 0 saturated carbocycles. The predicted molar refractivity (Wildman–Crippen MR) is 62.8 cm³/mol. The van der Waals surface area contributed by atoms with Gasteiger partial charge in [-0.25, -0.2) is 8.42 Å². The lowest BCUT2D eigenvalue weighted by atomic mass is 10.2. The molecular formula is C10H21NO4S. The summed E-state index contributed by atoms with van der Waals surface area (Å²) in [4.78, 5) is 10.8. The molecule has 1 N–H and O–H groups in total. The lowest BCUT2D eigenvalue weighted by Crippen LogP contribution is -2.44. The van der Waals surface area contributed by atoms with Crippen LogP contribution in [0.2, 0.25) is 0 Å². The molecule has 16 heavy (non-hydrogen) atoms. The smallest absolute Gasteiger partial charge is 0.321 e. The van der Waals surface area contributed by atoms with Crippen LogP contribution >= 0.6 is 0 Å². The van der Waals surface area contributed by atoms with E-state index in [9.17, 15) is 13.2 Å². The number of rotatable bonds is 7. The van der Waals surface area contributed by atoms with Gasteiger partial charge in [0.25, 0.3) is 0 Å². The second kappa shape index (κ2) is 6.20. The Morgan fingerprint density at radius 3 is 2.19 bits per heavy atom. The first-order chi connectivity index (χ1) is 7.28. The highest BCUT2D eigenvalue weighted by atomic mass is 32.2. The fraction of sp³-hybridized carbons (Fsp3) is 0.900. The number of likely N-dealkylation sites (N-methyl/N-ethyl adjacent to an activating group) is 1. The standard InChI is InChI=1S/C10H21NO4S/c1-5-7-9(6-2)16(14,15)11(4)8(3)10(12)13/h8-9H,5-7H2,1-4H3,(H,12,13). The first-order valence-corrected chi connectivity index (χ1v) is 6.98. The van der Waals surface area contributed by atoms with Crippen molar-refractivity contribution in [2.45, 2.75) is 51.3 Å². The zero-order chi connectivity index (χ0) is 12.9. The zero-order valence-corrected chi connectivity index (χ0v) is 11.1. The van der Waals surface area contributed by atoms with Crippen LogP contribution in [0.1, 0.15) is 40.0 Å². The maximum absolute atomic E-state index is 12.1. The van der Waals surface area contributed by atoms with Crippen LogP contribution in [0.3, 0.4) is 0 Å². The molecule has 0 rings (SSSR count). The summed E-state index contributed by atoms with van der Waals surface area (Å²) in [5.41, 5.74) is 0. The molecule has 0 aromatic rings. The second-order valence-corrected chi connectivity index (χ2v) is 6.17. The first-order valence-electron chi connectivity index (χ1n) is 5.48. The van der Waals surface area contributed by atoms with Crippen molar-refractivity contribution in [3.05, 3.63) is 0 Å². The topological polar surface area (TPSA) is 74.7 Å². The van der Waals surface area contributed by atoms with Crippen LogP contribution in [-0.4, -0.2) is 42.1 Å². The maximum atomic E-state index is 12.1. The number of hydrogen-bond acceptors (Lipinski definition) is 3. The van der Waals surface area contributed by atoms with E-state index in [4.69, 9.17) is 5.11 Å². The van der Waals surface area contributed by atoms with Crippen LogP contribution in [0.5, 0.6) is 0 Å². The molecule has 0 saturated heterocycles. The summed E-state index contributed by atoms with van der Waals surface area (Å²) in [5, 5.41) is 8.31. The van der Waals surface area contributed by atoms with E-state index in [1.54, 1.807) is 6.92 Å². The van der Waals surface area contributed by atoms with E-state index in [0.29, 0.717) is 12.8 Å². The molecule has 0 spiro atoms. The van der Waals surface area contributed by atoms with Crippen molar-refractivity contribution in [2.75, 3.05) is 7.05 Å². The predicted octanol–water partition coefficient (Wildman–Crippen LogP) is 1.30. The lowest BCUT2D eigenvalue weighted by molar-refractivity contribution is -0.140. The molecule has 0 aromatic carbocycles. The highest BCUT2D eigenvalue weighted by Crippen LogP contribution is 2.18. The van der Waals surface area contributed by atoms with Gasteiger partial charge in [-0.1, -0.05) is 20.3 Å². The molecule has 0 fully saturated rings. The van der Waals surface area contributed by atoms with E-state index in [2.05, 4.69) is 0 Å². The van der Waals surface area contributed by atoms with Gasteiger partial charge in [0, 0.05) is 7.05 Å². The van der Waals surface area contributed by atoms with E-state index in [0.717, 1.165) is 10.7 Å². The number of nitrogens with zero attached hydrogens (tertiary/aromatic N) is 1. The largest absolute Gasteiger partial charge is 0.480 e. The van der Waals surface area contributed by atoms with Crippen LogP contribution < -0.4 is 0 Å². The first kappa shape index (κ1) is 15.4. The summed E-state index contributed by atoms with van der Waals surface area (Å²) in [6.07, 6.45) is 1.84. The minimum absolute atomic E-state index is 0.482. The fourth-order valence-corrected chi connectivity index (χ4v) is 3.45. The van der Waals surface area contributed by atoms with Gasteiger partial charge in [0.1, 0.15) is 6.04 Å². The van der Waals surface area contributed by atoms with Crippen molar-refractivity contribution in [3.8, 4) is 0 Å². The Labute approximate surface area is 97.5 Å². The van der Waals surface area contributed by atoms with E-state index >= 15 is 0 Å². The molecular weight excluding hydrogens is 230 g/mol. The molecule has 2 unspecified atom stereocenters. The molecule has 0 bridgehead atoms. The molecule has 0 heterocycles. The Morgan fingerprint density at radius 2 is 1.88 bits per heavy atom. The van der Waals surface area contributed by atoms with Crippen LogP contribution in [0.15, 0.2) is 0 Å². The summed E-state index contributed by atoms with van der Waals surface area (Å²) < 4.78 is 25.1. The number of carboxylic acid groups (broad SMARTS) is 1. The third-order valence-corrected chi connectivity index (χ3v) is 5.32. The van der Waals surface area contributed by atoms with Crippen molar-refractivity contribution in [1.29, 1.82) is 0 Å². The molecule has 0 radical (unpaired) electrons. The number of aliphatic carboxylic acids is 1. The summed E-state index contributed by atoms with van der Waals surface area (Å²) in [7, 11) is -2.18. The third kappa shape index (κ3) is 3.45. The van der Waals surface area contributed by atoms with Crippen molar-refractivity contribution >= 4 is 16.0 Å². The van der Waals surface area contributed by atoms with Crippen molar-refractivity contribution in [1.82, 2.24) is 4.31 Å². The van der Waals surface area contributed by atoms with Crippen molar-refractivity contribution in [2.24, 2.45) is 0 Å².